The van der Waals surface area contributed by atoms with Crippen molar-refractivity contribution in [3.63, 3.8) is 0 Å². The molecule has 2 aliphatic heterocycles. The number of carbonyl (C=O) groups is 2. The fraction of sp³-hybridized carbons (Fsp3) is 0.448. The molecule has 0 saturated carbocycles. The Morgan fingerprint density at radius 2 is 1.78 bits per heavy atom. The van der Waals surface area contributed by atoms with Crippen LogP contribution in [0.25, 0.3) is 5.76 Å². The van der Waals surface area contributed by atoms with Gasteiger partial charge in [-0.2, -0.15) is 0 Å². The van der Waals surface area contributed by atoms with Crippen LogP contribution in [-0.2, 0) is 14.9 Å². The van der Waals surface area contributed by atoms with E-state index in [9.17, 15) is 14.7 Å². The number of hydrogen-bond donors (Lipinski definition) is 1. The maximum atomic E-state index is 12.7. The Balaban J connectivity index is 1.17. The number of halogens is 1. The van der Waals surface area contributed by atoms with Gasteiger partial charge < -0.3 is 19.5 Å². The molecule has 1 saturated heterocycles. The monoisotopic (exact) mass is 585 g/mol. The topological polar surface area (TPSA) is 76.1 Å². The molecule has 8 heteroatoms. The highest BCUT2D eigenvalue weighted by molar-refractivity contribution is 9.10. The second kappa shape index (κ2) is 10.2. The third-order valence-electron chi connectivity index (χ3n) is 7.29. The number of benzene rings is 2. The first kappa shape index (κ1) is 26.5. The Morgan fingerprint density at radius 1 is 1.08 bits per heavy atom. The lowest BCUT2D eigenvalue weighted by Gasteiger charge is -2.45. The summed E-state index contributed by atoms with van der Waals surface area (Å²) in [4.78, 5) is 28.0. The average molecular weight is 587 g/mol. The molecule has 2 aromatic carbocycles. The average Bonchev–Trinajstić information content (AvgIpc) is 2.87. The van der Waals surface area contributed by atoms with Crippen LogP contribution in [0.3, 0.4) is 0 Å². The maximum absolute atomic E-state index is 12.7. The number of carbonyl (C=O) groups excluding carboxylic acids is 2. The molecule has 2 heterocycles. The molecular weight excluding hydrogens is 554 g/mol. The van der Waals surface area contributed by atoms with Crippen LogP contribution in [0.1, 0.15) is 55.1 Å². The van der Waals surface area contributed by atoms with Crippen molar-refractivity contribution in [1.29, 1.82) is 0 Å². The van der Waals surface area contributed by atoms with Crippen LogP contribution in [0.5, 0.6) is 5.75 Å². The number of ether oxygens (including phenoxy) is 2. The lowest BCUT2D eigenvalue weighted by Crippen LogP contribution is -2.51. The Kier molecular flexibility index (Phi) is 7.31. The van der Waals surface area contributed by atoms with E-state index < -0.39 is 23.3 Å². The van der Waals surface area contributed by atoms with Crippen LogP contribution in [0.15, 0.2) is 51.8 Å². The fourth-order valence-electron chi connectivity index (χ4n) is 5.02. The van der Waals surface area contributed by atoms with E-state index in [0.29, 0.717) is 34.1 Å². The first-order chi connectivity index (χ1) is 17.5. The summed E-state index contributed by atoms with van der Waals surface area (Å²) in [6, 6.07) is 13.4. The van der Waals surface area contributed by atoms with Crippen LogP contribution in [-0.4, -0.2) is 65.3 Å². The van der Waals surface area contributed by atoms with Gasteiger partial charge in [0.1, 0.15) is 34.7 Å². The molecule has 0 unspecified atom stereocenters. The van der Waals surface area contributed by atoms with Crippen molar-refractivity contribution < 1.29 is 24.2 Å². The summed E-state index contributed by atoms with van der Waals surface area (Å²) < 4.78 is 13.2. The molecule has 1 N–H and O–H groups in total. The summed E-state index contributed by atoms with van der Waals surface area (Å²) in [7, 11) is 0. The number of nitrogens with zero attached hydrogens (tertiary/aromatic N) is 1. The Labute approximate surface area is 230 Å². The van der Waals surface area contributed by atoms with Crippen LogP contribution in [0.4, 0.5) is 0 Å². The standard InChI is InChI=1S/C29H32BrNO5S/c1-28(2,3)18-4-7-21(8-5-18)35-16-20(32)15-31-12-10-29(11-13-31)17-37-27-25(34)24(33)22-9-6-19(30)14-23(22)26(27)36-29/h4-9,14,20,32H,10-13,15-17H2,1-3H3/t20-/m1/s1. The minimum absolute atomic E-state index is 0.0898. The van der Waals surface area contributed by atoms with E-state index in [4.69, 9.17) is 9.47 Å². The molecule has 1 aliphatic carbocycles. The van der Waals surface area contributed by atoms with Crippen LogP contribution in [0.2, 0.25) is 0 Å². The third kappa shape index (κ3) is 5.53. The molecule has 1 fully saturated rings. The summed E-state index contributed by atoms with van der Waals surface area (Å²) in [6.07, 6.45) is 0.965. The van der Waals surface area contributed by atoms with Gasteiger partial charge in [0, 0.05) is 53.8 Å². The Hall–Kier alpha value is -2.13. The predicted molar refractivity (Wildman–Crippen MR) is 149 cm³/mol. The first-order valence-corrected chi connectivity index (χ1v) is 14.4. The molecule has 0 aromatic heterocycles. The van der Waals surface area contributed by atoms with Crippen molar-refractivity contribution in [2.75, 3.05) is 32.0 Å². The van der Waals surface area contributed by atoms with Gasteiger partial charge in [-0.25, -0.2) is 0 Å². The van der Waals surface area contributed by atoms with E-state index in [1.165, 1.54) is 17.3 Å². The van der Waals surface area contributed by atoms with E-state index in [0.717, 1.165) is 36.2 Å². The molecule has 0 bridgehead atoms. The zero-order valence-corrected chi connectivity index (χ0v) is 23.8. The summed E-state index contributed by atoms with van der Waals surface area (Å²) in [5.41, 5.74) is 2.03. The van der Waals surface area contributed by atoms with E-state index in [1.54, 1.807) is 12.1 Å². The number of piperidine rings is 1. The summed E-state index contributed by atoms with van der Waals surface area (Å²) >= 11 is 4.91. The van der Waals surface area contributed by atoms with Gasteiger partial charge in [0.05, 0.1) is 0 Å². The van der Waals surface area contributed by atoms with Gasteiger partial charge in [-0.1, -0.05) is 48.8 Å². The van der Waals surface area contributed by atoms with Crippen molar-refractivity contribution >= 4 is 45.0 Å². The van der Waals surface area contributed by atoms with E-state index in [1.807, 2.05) is 18.2 Å². The van der Waals surface area contributed by atoms with Crippen molar-refractivity contribution in [3.05, 3.63) is 68.5 Å². The van der Waals surface area contributed by atoms with E-state index >= 15 is 0 Å². The number of allylic oxidation sites excluding steroid dienone is 1. The number of aliphatic hydroxyl groups is 1. The highest BCUT2D eigenvalue weighted by atomic mass is 79.9. The zero-order valence-electron chi connectivity index (χ0n) is 21.4. The highest BCUT2D eigenvalue weighted by Crippen LogP contribution is 2.47. The minimum atomic E-state index is -0.599. The molecule has 196 valence electrons. The number of likely N-dealkylation sites (tertiary alicyclic amines) is 1. The number of aliphatic hydroxyl groups excluding tert-OH is 1. The highest BCUT2D eigenvalue weighted by Gasteiger charge is 2.46. The predicted octanol–water partition coefficient (Wildman–Crippen LogP) is 5.22. The minimum Gasteiger partial charge on any atom is -0.491 e. The smallest absolute Gasteiger partial charge is 0.243 e. The second-order valence-electron chi connectivity index (χ2n) is 11.1. The molecule has 2 aromatic rings. The van der Waals surface area contributed by atoms with Crippen molar-refractivity contribution in [3.8, 4) is 5.75 Å². The van der Waals surface area contributed by atoms with Gasteiger partial charge in [0.2, 0.25) is 11.6 Å². The zero-order chi connectivity index (χ0) is 26.4. The fourth-order valence-corrected chi connectivity index (χ4v) is 6.64. The van der Waals surface area contributed by atoms with Crippen LogP contribution >= 0.6 is 27.7 Å². The lowest BCUT2D eigenvalue weighted by molar-refractivity contribution is -0.111. The third-order valence-corrected chi connectivity index (χ3v) is 9.11. The molecule has 0 amide bonds. The number of ketones is 2. The molecule has 6 nitrogen and oxygen atoms in total. The summed E-state index contributed by atoms with van der Waals surface area (Å²) in [6.45, 7) is 8.85. The summed E-state index contributed by atoms with van der Waals surface area (Å²) in [5.74, 6) is 0.992. The van der Waals surface area contributed by atoms with Crippen LogP contribution in [0, 0.1) is 0 Å². The van der Waals surface area contributed by atoms with Gasteiger partial charge in [-0.15, -0.1) is 11.8 Å². The molecule has 0 radical (unpaired) electrons. The number of β-amino-alcohol motifs (C(OH)–C–C–N with tert-alkyl or cyclic N) is 1. The van der Waals surface area contributed by atoms with Gasteiger partial charge in [0.25, 0.3) is 0 Å². The van der Waals surface area contributed by atoms with Crippen molar-refractivity contribution in [2.45, 2.75) is 50.7 Å². The maximum Gasteiger partial charge on any atom is 0.243 e. The number of Topliss-reactive ketones (excluding diaryl/α,β-unsaturated/α-hetero) is 2. The molecule has 1 atom stereocenters. The molecular formula is C29H32BrNO5S. The van der Waals surface area contributed by atoms with Crippen LogP contribution < -0.4 is 4.74 Å². The quantitative estimate of drug-likeness (QED) is 0.482. The van der Waals surface area contributed by atoms with Gasteiger partial charge in [0.15, 0.2) is 0 Å². The number of fused-ring (bicyclic) bond motifs is 2. The second-order valence-corrected chi connectivity index (χ2v) is 13.0. The van der Waals surface area contributed by atoms with Gasteiger partial charge >= 0.3 is 0 Å². The molecule has 5 rings (SSSR count). The number of hydrogen-bond acceptors (Lipinski definition) is 7. The van der Waals surface area contributed by atoms with Gasteiger partial charge in [-0.3, -0.25) is 9.59 Å². The largest absolute Gasteiger partial charge is 0.491 e. The normalized spacial score (nSPS) is 20.4. The number of rotatable bonds is 5. The molecule has 3 aliphatic rings. The summed E-state index contributed by atoms with van der Waals surface area (Å²) in [5, 5.41) is 10.6. The Morgan fingerprint density at radius 3 is 2.46 bits per heavy atom. The van der Waals surface area contributed by atoms with Crippen molar-refractivity contribution in [1.82, 2.24) is 4.90 Å². The SMILES string of the molecule is CC(C)(C)c1ccc(OC[C@H](O)CN2CCC3(CC2)CSC2=C(O3)c3cc(Br)ccc3C(=O)C2=O)cc1. The van der Waals surface area contributed by atoms with E-state index in [-0.39, 0.29) is 12.0 Å². The molecule has 37 heavy (non-hydrogen) atoms. The van der Waals surface area contributed by atoms with Crippen molar-refractivity contribution in [2.24, 2.45) is 0 Å². The Bertz CT molecular complexity index is 1240. The first-order valence-electron chi connectivity index (χ1n) is 12.6. The van der Waals surface area contributed by atoms with Gasteiger partial charge in [-0.05, 0) is 41.3 Å². The lowest BCUT2D eigenvalue weighted by atomic mass is 9.87. The number of thioether (sulfide) groups is 1. The molecule has 1 spiro atoms. The van der Waals surface area contributed by atoms with E-state index in [2.05, 4.69) is 53.7 Å².